The van der Waals surface area contributed by atoms with Gasteiger partial charge in [0.2, 0.25) is 18.6 Å². The molecule has 3 aliphatic heterocycles. The molecule has 184 valence electrons. The molecule has 0 radical (unpaired) electrons. The van der Waals surface area contributed by atoms with Gasteiger partial charge < -0.3 is 34.1 Å². The SMILES string of the molecule is O=C(NCc1ccc2c(c1)OCO2)C1CC(=O)N(c2ccc(OCC(=O)N3CCOCC3)cc2)C1. The van der Waals surface area contributed by atoms with Crippen LogP contribution in [0.5, 0.6) is 17.2 Å². The molecule has 0 bridgehead atoms. The molecule has 35 heavy (non-hydrogen) atoms. The summed E-state index contributed by atoms with van der Waals surface area (Å²) in [5.41, 5.74) is 1.58. The van der Waals surface area contributed by atoms with Crippen LogP contribution in [-0.2, 0) is 25.7 Å². The highest BCUT2D eigenvalue weighted by atomic mass is 16.7. The second-order valence-corrected chi connectivity index (χ2v) is 8.59. The molecule has 0 saturated carbocycles. The number of amides is 3. The van der Waals surface area contributed by atoms with E-state index in [9.17, 15) is 14.4 Å². The standard InChI is InChI=1S/C25H27N3O7/c29-23-12-18(25(31)26-13-17-1-6-21-22(11-17)35-16-34-21)14-28(23)19-2-4-20(5-3-19)33-15-24(30)27-7-9-32-10-8-27/h1-6,11,18H,7-10,12-16H2,(H,26,31). The van der Waals surface area contributed by atoms with Crippen LogP contribution in [-0.4, -0.2) is 68.9 Å². The highest BCUT2D eigenvalue weighted by molar-refractivity contribution is 6.00. The summed E-state index contributed by atoms with van der Waals surface area (Å²) in [6.07, 6.45) is 0.152. The Morgan fingerprint density at radius 2 is 1.80 bits per heavy atom. The van der Waals surface area contributed by atoms with Gasteiger partial charge in [0.1, 0.15) is 5.75 Å². The number of benzene rings is 2. The van der Waals surface area contributed by atoms with Crippen molar-refractivity contribution in [3.8, 4) is 17.2 Å². The molecular weight excluding hydrogens is 454 g/mol. The molecule has 10 heteroatoms. The van der Waals surface area contributed by atoms with E-state index in [0.717, 1.165) is 5.56 Å². The highest BCUT2D eigenvalue weighted by Crippen LogP contribution is 2.32. The fourth-order valence-electron chi connectivity index (χ4n) is 4.29. The summed E-state index contributed by atoms with van der Waals surface area (Å²) in [4.78, 5) is 40.8. The van der Waals surface area contributed by atoms with Crippen LogP contribution < -0.4 is 24.4 Å². The molecule has 0 aromatic heterocycles. The second kappa shape index (κ2) is 10.2. The van der Waals surface area contributed by atoms with Crippen molar-refractivity contribution in [3.05, 3.63) is 48.0 Å². The number of rotatable bonds is 7. The van der Waals surface area contributed by atoms with Crippen LogP contribution in [0.1, 0.15) is 12.0 Å². The van der Waals surface area contributed by atoms with Crippen molar-refractivity contribution in [2.75, 3.05) is 51.1 Å². The molecule has 2 fully saturated rings. The van der Waals surface area contributed by atoms with Crippen molar-refractivity contribution in [1.29, 1.82) is 0 Å². The van der Waals surface area contributed by atoms with Gasteiger partial charge in [0, 0.05) is 38.3 Å². The van der Waals surface area contributed by atoms with Crippen molar-refractivity contribution in [1.82, 2.24) is 10.2 Å². The third-order valence-electron chi connectivity index (χ3n) is 6.27. The molecular formula is C25H27N3O7. The number of ether oxygens (including phenoxy) is 4. The summed E-state index contributed by atoms with van der Waals surface area (Å²) >= 11 is 0. The predicted molar refractivity (Wildman–Crippen MR) is 124 cm³/mol. The van der Waals surface area contributed by atoms with Gasteiger partial charge in [-0.05, 0) is 42.0 Å². The molecule has 3 heterocycles. The molecule has 2 saturated heterocycles. The van der Waals surface area contributed by atoms with Crippen LogP contribution in [0.2, 0.25) is 0 Å². The minimum absolute atomic E-state index is 0.0480. The Hall–Kier alpha value is -3.79. The van der Waals surface area contributed by atoms with Crippen LogP contribution in [0.4, 0.5) is 5.69 Å². The molecule has 1 atom stereocenters. The Bertz CT molecular complexity index is 1100. The van der Waals surface area contributed by atoms with Gasteiger partial charge in [0.15, 0.2) is 18.1 Å². The van der Waals surface area contributed by atoms with Gasteiger partial charge in [-0.15, -0.1) is 0 Å². The summed E-state index contributed by atoms with van der Waals surface area (Å²) < 4.78 is 21.5. The van der Waals surface area contributed by atoms with Gasteiger partial charge >= 0.3 is 0 Å². The fraction of sp³-hybridized carbons (Fsp3) is 0.400. The molecule has 1 N–H and O–H groups in total. The van der Waals surface area contributed by atoms with Crippen LogP contribution in [0.3, 0.4) is 0 Å². The second-order valence-electron chi connectivity index (χ2n) is 8.59. The number of carbonyl (C=O) groups excluding carboxylic acids is 3. The lowest BCUT2D eigenvalue weighted by atomic mass is 10.1. The minimum Gasteiger partial charge on any atom is -0.484 e. The van der Waals surface area contributed by atoms with Crippen LogP contribution >= 0.6 is 0 Å². The average Bonchev–Trinajstić information content (AvgIpc) is 3.53. The number of nitrogens with zero attached hydrogens (tertiary/aromatic N) is 2. The maximum absolute atomic E-state index is 12.7. The van der Waals surface area contributed by atoms with E-state index in [1.165, 1.54) is 0 Å². The Morgan fingerprint density at radius 1 is 1.03 bits per heavy atom. The summed E-state index contributed by atoms with van der Waals surface area (Å²) in [5, 5.41) is 2.91. The summed E-state index contributed by atoms with van der Waals surface area (Å²) in [7, 11) is 0. The largest absolute Gasteiger partial charge is 0.484 e. The Kier molecular flexibility index (Phi) is 6.71. The Balaban J connectivity index is 1.11. The number of morpholine rings is 1. The average molecular weight is 482 g/mol. The lowest BCUT2D eigenvalue weighted by Gasteiger charge is -2.26. The maximum Gasteiger partial charge on any atom is 0.260 e. The highest BCUT2D eigenvalue weighted by Gasteiger charge is 2.35. The van der Waals surface area contributed by atoms with Crippen LogP contribution in [0.15, 0.2) is 42.5 Å². The molecule has 2 aromatic carbocycles. The van der Waals surface area contributed by atoms with Crippen LogP contribution in [0.25, 0.3) is 0 Å². The Labute approximate surface area is 202 Å². The number of nitrogens with one attached hydrogen (secondary N) is 1. The fourth-order valence-corrected chi connectivity index (χ4v) is 4.29. The first-order chi connectivity index (χ1) is 17.1. The minimum atomic E-state index is -0.432. The first-order valence-electron chi connectivity index (χ1n) is 11.6. The maximum atomic E-state index is 12.7. The molecule has 3 amide bonds. The number of anilines is 1. The summed E-state index contributed by atoms with van der Waals surface area (Å²) in [6.45, 7) is 3.03. The van der Waals surface area contributed by atoms with Crippen molar-refractivity contribution in [2.45, 2.75) is 13.0 Å². The summed E-state index contributed by atoms with van der Waals surface area (Å²) in [5.74, 6) is 1.11. The van der Waals surface area contributed by atoms with Crippen molar-refractivity contribution >= 4 is 23.4 Å². The molecule has 0 aliphatic carbocycles. The lowest BCUT2D eigenvalue weighted by molar-refractivity contribution is -0.137. The Morgan fingerprint density at radius 3 is 2.60 bits per heavy atom. The molecule has 5 rings (SSSR count). The number of hydrogen-bond donors (Lipinski definition) is 1. The monoisotopic (exact) mass is 481 g/mol. The first kappa shape index (κ1) is 23.0. The zero-order chi connectivity index (χ0) is 24.2. The molecule has 2 aromatic rings. The van der Waals surface area contributed by atoms with Gasteiger partial charge in [-0.25, -0.2) is 0 Å². The van der Waals surface area contributed by atoms with Gasteiger partial charge in [-0.1, -0.05) is 6.07 Å². The van der Waals surface area contributed by atoms with E-state index in [1.807, 2.05) is 18.2 Å². The lowest BCUT2D eigenvalue weighted by Crippen LogP contribution is -2.42. The summed E-state index contributed by atoms with van der Waals surface area (Å²) in [6, 6.07) is 12.5. The van der Waals surface area contributed by atoms with Gasteiger partial charge in [0.25, 0.3) is 5.91 Å². The van der Waals surface area contributed by atoms with E-state index in [0.29, 0.717) is 62.3 Å². The van der Waals surface area contributed by atoms with Crippen molar-refractivity contribution < 1.29 is 33.3 Å². The third kappa shape index (κ3) is 5.32. The van der Waals surface area contributed by atoms with Gasteiger partial charge in [-0.2, -0.15) is 0 Å². The van der Waals surface area contributed by atoms with E-state index in [1.54, 1.807) is 34.1 Å². The topological polar surface area (TPSA) is 107 Å². The van der Waals surface area contributed by atoms with E-state index in [4.69, 9.17) is 18.9 Å². The van der Waals surface area contributed by atoms with Gasteiger partial charge in [-0.3, -0.25) is 14.4 Å². The quantitative estimate of drug-likeness (QED) is 0.636. The molecule has 10 nitrogen and oxygen atoms in total. The zero-order valence-electron chi connectivity index (χ0n) is 19.2. The first-order valence-corrected chi connectivity index (χ1v) is 11.6. The number of hydrogen-bond acceptors (Lipinski definition) is 7. The zero-order valence-corrected chi connectivity index (χ0v) is 19.2. The van der Waals surface area contributed by atoms with E-state index >= 15 is 0 Å². The van der Waals surface area contributed by atoms with E-state index < -0.39 is 5.92 Å². The van der Waals surface area contributed by atoms with Crippen LogP contribution in [0, 0.1) is 5.92 Å². The van der Waals surface area contributed by atoms with Crippen molar-refractivity contribution in [2.24, 2.45) is 5.92 Å². The van der Waals surface area contributed by atoms with E-state index in [2.05, 4.69) is 5.32 Å². The van der Waals surface area contributed by atoms with Gasteiger partial charge in [0.05, 0.1) is 19.1 Å². The normalized spacial score (nSPS) is 19.1. The predicted octanol–water partition coefficient (Wildman–Crippen LogP) is 1.32. The number of carbonyl (C=O) groups is 3. The smallest absolute Gasteiger partial charge is 0.260 e. The number of fused-ring (bicyclic) bond motifs is 1. The molecule has 1 unspecified atom stereocenters. The molecule has 0 spiro atoms. The third-order valence-corrected chi connectivity index (χ3v) is 6.27. The molecule has 3 aliphatic rings. The van der Waals surface area contributed by atoms with Crippen molar-refractivity contribution in [3.63, 3.8) is 0 Å². The van der Waals surface area contributed by atoms with E-state index in [-0.39, 0.29) is 37.5 Å².